The first-order chi connectivity index (χ1) is 10.2. The molecule has 0 spiro atoms. The quantitative estimate of drug-likeness (QED) is 0.618. The third kappa shape index (κ3) is 2.01. The van der Waals surface area contributed by atoms with Gasteiger partial charge in [-0.2, -0.15) is 0 Å². The fraction of sp³-hybridized carbons (Fsp3) is 0.200. The molecule has 0 saturated heterocycles. The van der Waals surface area contributed by atoms with Crippen LogP contribution in [0.25, 0.3) is 12.2 Å². The zero-order valence-electron chi connectivity index (χ0n) is 12.6. The fourth-order valence-electron chi connectivity index (χ4n) is 3.99. The molecule has 2 unspecified atom stereocenters. The van der Waals surface area contributed by atoms with E-state index >= 15 is 0 Å². The predicted molar refractivity (Wildman–Crippen MR) is 88.2 cm³/mol. The summed E-state index contributed by atoms with van der Waals surface area (Å²) in [5.41, 5.74) is 5.97. The monoisotopic (exact) mass is 308 g/mol. The second kappa shape index (κ2) is 4.83. The summed E-state index contributed by atoms with van der Waals surface area (Å²) in [5.74, 6) is 0. The molecular weight excluding hydrogens is 288 g/mol. The van der Waals surface area contributed by atoms with Crippen LogP contribution in [0.2, 0.25) is 10.5 Å². The fourth-order valence-corrected chi connectivity index (χ4v) is 9.77. The minimum atomic E-state index is -2.10. The van der Waals surface area contributed by atoms with Crippen LogP contribution < -0.4 is 0 Å². The maximum absolute atomic E-state index is 2.59. The van der Waals surface area contributed by atoms with Gasteiger partial charge in [0.05, 0.1) is 0 Å². The molecule has 0 bridgehead atoms. The summed E-state index contributed by atoms with van der Waals surface area (Å²) in [6, 6.07) is 17.8. The van der Waals surface area contributed by atoms with E-state index in [1.54, 1.807) is 11.1 Å². The molecule has 0 aliphatic heterocycles. The van der Waals surface area contributed by atoms with Gasteiger partial charge in [0.2, 0.25) is 0 Å². The van der Waals surface area contributed by atoms with Gasteiger partial charge in [0, 0.05) is 0 Å². The average molecular weight is 308 g/mol. The molecule has 0 heterocycles. The van der Waals surface area contributed by atoms with Crippen molar-refractivity contribution in [3.05, 3.63) is 82.9 Å². The second-order valence-electron chi connectivity index (χ2n) is 6.75. The van der Waals surface area contributed by atoms with E-state index in [4.69, 9.17) is 0 Å². The summed E-state index contributed by atoms with van der Waals surface area (Å²) in [7, 11) is 0. The van der Waals surface area contributed by atoms with Gasteiger partial charge in [0.15, 0.2) is 0 Å². The molecule has 104 valence electrons. The van der Waals surface area contributed by atoms with Crippen LogP contribution in [0.3, 0.4) is 0 Å². The van der Waals surface area contributed by atoms with E-state index in [2.05, 4.69) is 83.3 Å². The molecule has 0 amide bonds. The SMILES string of the molecule is [CH3][Ti]([CH3])([CH]1C=Cc2ccccc21)[CH]1C=Cc2ccccc21. The predicted octanol–water partition coefficient (Wildman–Crippen LogP) is 5.77. The van der Waals surface area contributed by atoms with E-state index in [0.29, 0.717) is 8.45 Å². The van der Waals surface area contributed by atoms with Crippen LogP contribution >= 0.6 is 0 Å². The van der Waals surface area contributed by atoms with Crippen LogP contribution in [-0.4, -0.2) is 0 Å². The van der Waals surface area contributed by atoms with E-state index in [0.717, 1.165) is 0 Å². The van der Waals surface area contributed by atoms with E-state index in [-0.39, 0.29) is 0 Å². The van der Waals surface area contributed by atoms with Crippen LogP contribution in [0.4, 0.5) is 0 Å². The number of rotatable bonds is 2. The first-order valence-electron chi connectivity index (χ1n) is 7.72. The first-order valence-corrected chi connectivity index (χ1v) is 12.6. The van der Waals surface area contributed by atoms with Crippen LogP contribution in [0.5, 0.6) is 0 Å². The number of benzene rings is 2. The summed E-state index contributed by atoms with van der Waals surface area (Å²) in [6.07, 6.45) is 9.61. The van der Waals surface area contributed by atoms with Crippen molar-refractivity contribution in [3.8, 4) is 0 Å². The van der Waals surface area contributed by atoms with Crippen LogP contribution in [0, 0.1) is 0 Å². The van der Waals surface area contributed by atoms with Gasteiger partial charge in [0.25, 0.3) is 0 Å². The third-order valence-electron chi connectivity index (χ3n) is 5.20. The van der Waals surface area contributed by atoms with E-state index < -0.39 is 16.6 Å². The number of hydrogen-bond acceptors (Lipinski definition) is 0. The Kier molecular flexibility index (Phi) is 3.06. The van der Waals surface area contributed by atoms with E-state index in [1.165, 1.54) is 11.1 Å². The number of allylic oxidation sites excluding steroid dienone is 2. The molecule has 2 aromatic carbocycles. The molecule has 0 saturated carbocycles. The second-order valence-corrected chi connectivity index (χ2v) is 14.4. The minimum absolute atomic E-state index is 0.669. The Morgan fingerprint density at radius 1 is 0.667 bits per heavy atom. The Hall–Kier alpha value is -1.37. The summed E-state index contributed by atoms with van der Waals surface area (Å²) >= 11 is -2.10. The molecule has 0 N–H and O–H groups in total. The topological polar surface area (TPSA) is 0 Å². The summed E-state index contributed by atoms with van der Waals surface area (Å²) in [5, 5.41) is 5.18. The summed E-state index contributed by atoms with van der Waals surface area (Å²) in [4.78, 5) is 0. The Morgan fingerprint density at radius 2 is 1.10 bits per heavy atom. The molecule has 4 rings (SSSR count). The standard InChI is InChI=1S/2C9H7.2CH3.Ti/c2*1-2-5-9-7-3-6-8(9)4-1;;;/h2*1-7H;2*1H3;. The van der Waals surface area contributed by atoms with Crippen molar-refractivity contribution in [2.24, 2.45) is 0 Å². The summed E-state index contributed by atoms with van der Waals surface area (Å²) in [6.45, 7) is 0. The number of hydrogen-bond donors (Lipinski definition) is 0. The van der Waals surface area contributed by atoms with Crippen molar-refractivity contribution in [3.63, 3.8) is 0 Å². The zero-order valence-corrected chi connectivity index (χ0v) is 14.1. The van der Waals surface area contributed by atoms with Crippen molar-refractivity contribution < 1.29 is 16.6 Å². The number of fused-ring (bicyclic) bond motifs is 2. The molecule has 0 fully saturated rings. The van der Waals surface area contributed by atoms with Gasteiger partial charge >= 0.3 is 131 Å². The molecule has 1 heteroatoms. The van der Waals surface area contributed by atoms with Gasteiger partial charge in [-0.05, 0) is 0 Å². The molecule has 2 aliphatic rings. The van der Waals surface area contributed by atoms with E-state index in [1.807, 2.05) is 0 Å². The summed E-state index contributed by atoms with van der Waals surface area (Å²) < 4.78 is 1.34. The zero-order chi connectivity index (χ0) is 14.4. The Labute approximate surface area is 130 Å². The van der Waals surface area contributed by atoms with Crippen molar-refractivity contribution in [1.82, 2.24) is 0 Å². The Bertz CT molecular complexity index is 688. The molecule has 21 heavy (non-hydrogen) atoms. The molecule has 2 aliphatic carbocycles. The molecule has 2 atom stereocenters. The van der Waals surface area contributed by atoms with Gasteiger partial charge in [0.1, 0.15) is 0 Å². The molecule has 0 aromatic heterocycles. The van der Waals surface area contributed by atoms with Crippen molar-refractivity contribution in [2.45, 2.75) is 18.9 Å². The van der Waals surface area contributed by atoms with E-state index in [9.17, 15) is 0 Å². The van der Waals surface area contributed by atoms with Gasteiger partial charge in [-0.3, -0.25) is 0 Å². The first kappa shape index (κ1) is 13.3. The van der Waals surface area contributed by atoms with Crippen molar-refractivity contribution >= 4 is 12.2 Å². The third-order valence-corrected chi connectivity index (χ3v) is 11.8. The Morgan fingerprint density at radius 3 is 1.57 bits per heavy atom. The average Bonchev–Trinajstić information content (AvgIpc) is 3.12. The van der Waals surface area contributed by atoms with Crippen LogP contribution in [0.1, 0.15) is 30.7 Å². The Balaban J connectivity index is 1.76. The molecule has 2 aromatic rings. The van der Waals surface area contributed by atoms with Gasteiger partial charge < -0.3 is 0 Å². The van der Waals surface area contributed by atoms with Crippen LogP contribution in [0.15, 0.2) is 60.7 Å². The van der Waals surface area contributed by atoms with Crippen LogP contribution in [-0.2, 0) is 16.6 Å². The van der Waals surface area contributed by atoms with Crippen molar-refractivity contribution in [2.75, 3.05) is 0 Å². The molecule has 0 nitrogen and oxygen atoms in total. The van der Waals surface area contributed by atoms with Gasteiger partial charge in [-0.15, -0.1) is 0 Å². The molecular formula is C20H20Ti. The molecule has 0 radical (unpaired) electrons. The normalized spacial score (nSPS) is 22.4. The van der Waals surface area contributed by atoms with Gasteiger partial charge in [-0.1, -0.05) is 0 Å². The maximum atomic E-state index is 2.59. The van der Waals surface area contributed by atoms with Gasteiger partial charge in [-0.25, -0.2) is 0 Å². The van der Waals surface area contributed by atoms with Crippen molar-refractivity contribution in [1.29, 1.82) is 0 Å².